The molecule has 4 radical (unpaired) electrons. The fourth-order valence-corrected chi connectivity index (χ4v) is 4.05. The molecule has 0 unspecified atom stereocenters. The van der Waals surface area contributed by atoms with Gasteiger partial charge < -0.3 is 135 Å². The Kier molecular flexibility index (Phi) is 132. The van der Waals surface area contributed by atoms with Gasteiger partial charge in [-0.3, -0.25) is 39.6 Å². The smallest absolute Gasteiger partial charge is 0.870 e. The summed E-state index contributed by atoms with van der Waals surface area (Å²) in [7, 11) is 9.78. The van der Waals surface area contributed by atoms with Crippen LogP contribution in [0.3, 0.4) is 0 Å². The number of benzene rings is 4. The molecule has 38 heteroatoms. The number of aliphatic imine (C=N–C) groups is 4. The number of ether oxygens (including phenoxy) is 4. The zero-order valence-electron chi connectivity index (χ0n) is 45.0. The maximum Gasteiger partial charge on any atom is 3.00 e. The topological polar surface area (TPSA) is 641 Å². The summed E-state index contributed by atoms with van der Waals surface area (Å²) in [5.41, 5.74) is 55.8. The summed E-state index contributed by atoms with van der Waals surface area (Å²) in [5, 5.41) is 111. The van der Waals surface area contributed by atoms with Crippen molar-refractivity contribution in [3.8, 4) is 46.0 Å². The summed E-state index contributed by atoms with van der Waals surface area (Å²) in [6, 6.07) is 19.8. The molecule has 4 aromatic carbocycles. The minimum atomic E-state index is -0.269. The number of hydrogen-bond donors (Lipinski definition) is 6. The van der Waals surface area contributed by atoms with E-state index in [2.05, 4.69) is 20.0 Å². The summed E-state index contributed by atoms with van der Waals surface area (Å²) in [6.07, 6.45) is 5.70. The predicted octanol–water partition coefficient (Wildman–Crippen LogP) is 1.00. The molecule has 0 atom stereocenters. The quantitative estimate of drug-likeness (QED) is 0.0394. The van der Waals surface area contributed by atoms with Crippen LogP contribution in [-0.2, 0) is 0 Å². The third-order valence-electron chi connectivity index (χ3n) is 6.74. The average molecular weight is 1760 g/mol. The summed E-state index contributed by atoms with van der Waals surface area (Å²) in [6.45, 7) is 0.410. The third kappa shape index (κ3) is 66.7. The van der Waals surface area contributed by atoms with Crippen LogP contribution in [0, 0.1) is 153 Å². The Morgan fingerprint density at radius 3 is 0.671 bits per heavy atom. The zero-order chi connectivity index (χ0) is 60.4. The number of aliphatic hydroxyl groups is 6. The second-order valence-electron chi connectivity index (χ2n) is 10.9. The van der Waals surface area contributed by atoms with Crippen molar-refractivity contribution >= 4 is 24.9 Å². The maximum atomic E-state index is 11.5. The molecule has 0 aliphatic carbocycles. The Labute approximate surface area is 595 Å². The van der Waals surface area contributed by atoms with E-state index in [4.69, 9.17) is 93.8 Å². The van der Waals surface area contributed by atoms with Gasteiger partial charge in [-0.1, -0.05) is 71.5 Å². The van der Waals surface area contributed by atoms with Crippen molar-refractivity contribution in [2.24, 2.45) is 20.0 Å². The number of para-hydroxylation sites is 4. The van der Waals surface area contributed by atoms with Gasteiger partial charge in [0, 0.05) is 66.4 Å². The van der Waals surface area contributed by atoms with Crippen LogP contribution < -0.4 is 49.6 Å². The van der Waals surface area contributed by atoms with Gasteiger partial charge in [-0.2, -0.15) is 0 Å². The number of hydrogen-bond acceptors (Lipinski definition) is 22. The van der Waals surface area contributed by atoms with E-state index in [0.29, 0.717) is 46.8 Å². The van der Waals surface area contributed by atoms with Gasteiger partial charge in [-0.15, -0.1) is 13.2 Å². The first-order valence-electron chi connectivity index (χ1n) is 20.3. The van der Waals surface area contributed by atoms with Gasteiger partial charge in [-0.05, 0) is 46.5 Å². The summed E-state index contributed by atoms with van der Waals surface area (Å²) < 4.78 is 19.4. The van der Waals surface area contributed by atoms with E-state index in [1.165, 1.54) is 72.9 Å². The van der Waals surface area contributed by atoms with E-state index in [0.717, 1.165) is 28.4 Å². The molecule has 0 saturated carbocycles. The molecule has 34 nitrogen and oxygen atoms in total. The molecule has 8 N–H and O–H groups in total. The SMILES string of the molecule is CO.CO.CO.CO.COc1cccc(C=NCCO)c1[O-].COc1cccc(C=NCCO)c1[O-].COc1cccc(C=NCC[O-])c1[O-].COc1cccc(C=NCC[O-])c1[O-].[Dy+3].[Dy+3].[Dy+3].[Dy+3].[N-]=[N+]=[N-].[N-]=[N+]=[N-].[N-]=[N+]=[N-].[N-]=[N+]=[N-].[OH-].[OH-]. The molecule has 0 bridgehead atoms. The molecule has 0 aromatic heterocycles. The van der Waals surface area contributed by atoms with Gasteiger partial charge in [-0.25, -0.2) is 0 Å². The molecule has 0 fully saturated rings. The fraction of sp³-hybridized carbons (Fsp3) is 0.364. The molecule has 0 amide bonds. The Morgan fingerprint density at radius 2 is 0.537 bits per heavy atom. The second-order valence-corrected chi connectivity index (χ2v) is 10.9. The van der Waals surface area contributed by atoms with E-state index in [1.807, 2.05) is 0 Å². The molecule has 0 saturated heterocycles. The number of rotatable bonds is 16. The van der Waals surface area contributed by atoms with Crippen molar-refractivity contribution < 1.29 is 244 Å². The van der Waals surface area contributed by atoms with Crippen molar-refractivity contribution in [2.45, 2.75) is 0 Å². The molecule has 0 spiro atoms. The third-order valence-corrected chi connectivity index (χ3v) is 6.74. The van der Waals surface area contributed by atoms with Crippen molar-refractivity contribution in [1.82, 2.24) is 0 Å². The number of aliphatic hydroxyl groups excluding tert-OH is 6. The molecule has 4 aromatic rings. The van der Waals surface area contributed by atoms with Crippen LogP contribution in [-0.4, -0.2) is 176 Å². The van der Waals surface area contributed by atoms with Gasteiger partial charge in [0.05, 0.1) is 54.7 Å². The van der Waals surface area contributed by atoms with Crippen molar-refractivity contribution in [3.05, 3.63) is 159 Å². The van der Waals surface area contributed by atoms with E-state index < -0.39 is 0 Å². The van der Waals surface area contributed by atoms with Gasteiger partial charge >= 0.3 is 153 Å². The van der Waals surface area contributed by atoms with E-state index >= 15 is 0 Å². The van der Waals surface area contributed by atoms with Crippen LogP contribution in [0.1, 0.15) is 22.3 Å². The molecule has 4 rings (SSSR count). The van der Waals surface area contributed by atoms with Crippen LogP contribution in [0.4, 0.5) is 0 Å². The van der Waals surface area contributed by atoms with Crippen LogP contribution >= 0.6 is 0 Å². The van der Waals surface area contributed by atoms with Crippen molar-refractivity contribution in [3.63, 3.8) is 0 Å². The van der Waals surface area contributed by atoms with Crippen molar-refractivity contribution in [2.75, 3.05) is 109 Å². The fourth-order valence-electron chi connectivity index (χ4n) is 4.05. The molecule has 0 heterocycles. The van der Waals surface area contributed by atoms with Crippen LogP contribution in [0.2, 0.25) is 0 Å². The van der Waals surface area contributed by atoms with Crippen LogP contribution in [0.5, 0.6) is 46.0 Å². The number of nitrogens with zero attached hydrogens (tertiary/aromatic N) is 16. The van der Waals surface area contributed by atoms with E-state index in [9.17, 15) is 30.6 Å². The van der Waals surface area contributed by atoms with E-state index in [1.54, 1.807) is 72.8 Å². The molecular formula is C44H64Dy4N16O18. The maximum absolute atomic E-state index is 11.5. The normalized spacial score (nSPS) is 8.00. The first-order chi connectivity index (χ1) is 36.8. The minimum Gasteiger partial charge on any atom is -0.870 e. The molecular weight excluding hydrogens is 1690 g/mol. The Balaban J connectivity index is -0.0000000552. The molecule has 0 aliphatic rings. The standard InChI is InChI=1S/2C10H13NO3.2C10H12NO3.4CH4O.4Dy.4N3.2H2O/c4*1-14-9-4-2-3-8(10(9)13)7-11-5-6-12;4*1-2;;;;;4*1-3-2;;/h2*2-4,7,12-13H,5-6H2,1H3;2*2-4,7,13H,5-6H2,1H3;4*2H,1H3;;;;;;;;;2*1H2/q;;2*-1;;;;;4*+3;4*-1;;/p-6. The minimum absolute atomic E-state index is 0. The first-order valence-corrected chi connectivity index (χ1v) is 20.3. The molecule has 0 aliphatic heterocycles. The van der Waals surface area contributed by atoms with Gasteiger partial charge in [0.2, 0.25) is 0 Å². The summed E-state index contributed by atoms with van der Waals surface area (Å²) in [5.74, 6) is 0.408. The average Bonchev–Trinajstić information content (AvgIpc) is 3.44. The monoisotopic (exact) mass is 1760 g/mol. The summed E-state index contributed by atoms with van der Waals surface area (Å²) in [4.78, 5) is 21.3. The Bertz CT molecular complexity index is 1950. The first kappa shape index (κ1) is 113. The van der Waals surface area contributed by atoms with Crippen molar-refractivity contribution in [1.29, 1.82) is 0 Å². The Morgan fingerprint density at radius 1 is 0.378 bits per heavy atom. The van der Waals surface area contributed by atoms with E-state index in [-0.39, 0.29) is 238 Å². The zero-order valence-corrected chi connectivity index (χ0v) is 53.1. The van der Waals surface area contributed by atoms with Gasteiger partial charge in [0.25, 0.3) is 0 Å². The predicted molar refractivity (Wildman–Crippen MR) is 280 cm³/mol. The Hall–Kier alpha value is -4.11. The van der Waals surface area contributed by atoms with Crippen LogP contribution in [0.25, 0.3) is 63.9 Å². The molecule has 468 valence electrons. The second kappa shape index (κ2) is 96.1. The number of methoxy groups -OCH3 is 4. The van der Waals surface area contributed by atoms with Gasteiger partial charge in [0.1, 0.15) is 23.0 Å². The molecule has 82 heavy (non-hydrogen) atoms. The largest absolute Gasteiger partial charge is 3.00 e. The summed E-state index contributed by atoms with van der Waals surface area (Å²) >= 11 is 0. The van der Waals surface area contributed by atoms with Gasteiger partial charge in [0.15, 0.2) is 0 Å². The van der Waals surface area contributed by atoms with Crippen LogP contribution in [0.15, 0.2) is 92.8 Å².